The van der Waals surface area contributed by atoms with Crippen LogP contribution >= 0.6 is 15.9 Å². The Balaban J connectivity index is 2.38. The van der Waals surface area contributed by atoms with E-state index in [-0.39, 0.29) is 0 Å². The van der Waals surface area contributed by atoms with Crippen LogP contribution in [0.1, 0.15) is 18.3 Å². The van der Waals surface area contributed by atoms with Gasteiger partial charge in [0.2, 0.25) is 0 Å². The summed E-state index contributed by atoms with van der Waals surface area (Å²) in [6.07, 6.45) is 0. The van der Waals surface area contributed by atoms with Crippen molar-refractivity contribution in [3.05, 3.63) is 58.3 Å². The SMILES string of the molecule is CCOc1c(Br)c(C)nc(C)c1-c1cccc2ccccc12. The molecule has 3 aromatic rings. The van der Waals surface area contributed by atoms with Crippen molar-refractivity contribution in [2.24, 2.45) is 0 Å². The van der Waals surface area contributed by atoms with Gasteiger partial charge in [0.25, 0.3) is 0 Å². The van der Waals surface area contributed by atoms with E-state index in [0.29, 0.717) is 6.61 Å². The Morgan fingerprint density at radius 1 is 1.00 bits per heavy atom. The van der Waals surface area contributed by atoms with Crippen LogP contribution in [-0.4, -0.2) is 11.6 Å². The zero-order valence-corrected chi connectivity index (χ0v) is 14.6. The van der Waals surface area contributed by atoms with E-state index in [2.05, 4.69) is 63.4 Å². The molecule has 0 aliphatic heterocycles. The van der Waals surface area contributed by atoms with Gasteiger partial charge in [0.1, 0.15) is 5.75 Å². The third-order valence-corrected chi connectivity index (χ3v) is 4.72. The molecular formula is C19H18BrNO. The first kappa shape index (κ1) is 15.0. The third-order valence-electron chi connectivity index (χ3n) is 3.79. The van der Waals surface area contributed by atoms with E-state index < -0.39 is 0 Å². The summed E-state index contributed by atoms with van der Waals surface area (Å²) >= 11 is 3.64. The first-order valence-corrected chi connectivity index (χ1v) is 8.20. The predicted octanol–water partition coefficient (Wildman–Crippen LogP) is 5.68. The van der Waals surface area contributed by atoms with Gasteiger partial charge in [-0.25, -0.2) is 0 Å². The summed E-state index contributed by atoms with van der Waals surface area (Å²) in [5.41, 5.74) is 4.16. The second kappa shape index (κ2) is 6.09. The van der Waals surface area contributed by atoms with Gasteiger partial charge in [-0.05, 0) is 53.0 Å². The molecule has 3 heteroatoms. The molecule has 0 unspecified atom stereocenters. The fourth-order valence-electron chi connectivity index (χ4n) is 2.84. The summed E-state index contributed by atoms with van der Waals surface area (Å²) in [4.78, 5) is 4.67. The predicted molar refractivity (Wildman–Crippen MR) is 95.5 cm³/mol. The number of hydrogen-bond acceptors (Lipinski definition) is 2. The van der Waals surface area contributed by atoms with Crippen molar-refractivity contribution in [2.75, 3.05) is 6.61 Å². The number of nitrogens with zero attached hydrogens (tertiary/aromatic N) is 1. The van der Waals surface area contributed by atoms with E-state index in [0.717, 1.165) is 32.7 Å². The van der Waals surface area contributed by atoms with Crippen LogP contribution in [0.15, 0.2) is 46.9 Å². The number of rotatable bonds is 3. The minimum Gasteiger partial charge on any atom is -0.492 e. The van der Waals surface area contributed by atoms with Crippen LogP contribution < -0.4 is 4.74 Å². The summed E-state index contributed by atoms with van der Waals surface area (Å²) in [7, 11) is 0. The second-order valence-electron chi connectivity index (χ2n) is 5.26. The normalized spacial score (nSPS) is 10.9. The molecule has 0 amide bonds. The van der Waals surface area contributed by atoms with Crippen molar-refractivity contribution in [3.8, 4) is 16.9 Å². The van der Waals surface area contributed by atoms with Crippen LogP contribution in [0.5, 0.6) is 5.75 Å². The maximum atomic E-state index is 5.95. The number of benzene rings is 2. The van der Waals surface area contributed by atoms with Crippen molar-refractivity contribution in [2.45, 2.75) is 20.8 Å². The molecule has 1 aromatic heterocycles. The zero-order valence-electron chi connectivity index (χ0n) is 13.0. The molecular weight excluding hydrogens is 338 g/mol. The number of hydrogen-bond donors (Lipinski definition) is 0. The molecule has 0 N–H and O–H groups in total. The van der Waals surface area contributed by atoms with Crippen LogP contribution in [-0.2, 0) is 0 Å². The van der Waals surface area contributed by atoms with Crippen LogP contribution in [0.4, 0.5) is 0 Å². The Kier molecular flexibility index (Phi) is 4.16. The molecule has 1 heterocycles. The molecule has 0 saturated carbocycles. The van der Waals surface area contributed by atoms with Gasteiger partial charge in [-0.15, -0.1) is 0 Å². The van der Waals surface area contributed by atoms with Crippen molar-refractivity contribution in [1.82, 2.24) is 4.98 Å². The van der Waals surface area contributed by atoms with Crippen LogP contribution in [0.2, 0.25) is 0 Å². The highest BCUT2D eigenvalue weighted by atomic mass is 79.9. The minimum absolute atomic E-state index is 0.624. The van der Waals surface area contributed by atoms with E-state index in [1.165, 1.54) is 10.8 Å². The second-order valence-corrected chi connectivity index (χ2v) is 6.05. The molecule has 0 radical (unpaired) electrons. The summed E-state index contributed by atoms with van der Waals surface area (Å²) in [6.45, 7) is 6.66. The summed E-state index contributed by atoms with van der Waals surface area (Å²) in [5.74, 6) is 0.879. The lowest BCUT2D eigenvalue weighted by molar-refractivity contribution is 0.338. The maximum absolute atomic E-state index is 5.95. The highest BCUT2D eigenvalue weighted by molar-refractivity contribution is 9.10. The van der Waals surface area contributed by atoms with Crippen molar-refractivity contribution < 1.29 is 4.74 Å². The van der Waals surface area contributed by atoms with E-state index in [4.69, 9.17) is 4.74 Å². The van der Waals surface area contributed by atoms with Gasteiger partial charge in [-0.2, -0.15) is 0 Å². The Morgan fingerprint density at radius 3 is 2.50 bits per heavy atom. The maximum Gasteiger partial charge on any atom is 0.144 e. The number of halogens is 1. The highest BCUT2D eigenvalue weighted by Gasteiger charge is 2.18. The molecule has 22 heavy (non-hydrogen) atoms. The molecule has 112 valence electrons. The van der Waals surface area contributed by atoms with Gasteiger partial charge in [-0.3, -0.25) is 4.98 Å². The molecule has 0 saturated heterocycles. The monoisotopic (exact) mass is 355 g/mol. The Labute approximate surface area is 139 Å². The lowest BCUT2D eigenvalue weighted by Crippen LogP contribution is -2.01. The minimum atomic E-state index is 0.624. The standard InChI is InChI=1S/C19H18BrNO/c1-4-22-19-17(12(2)21-13(3)18(19)20)16-11-7-9-14-8-5-6-10-15(14)16/h5-11H,4H2,1-3H3. The van der Waals surface area contributed by atoms with E-state index in [1.807, 2.05) is 20.8 Å². The molecule has 0 bridgehead atoms. The van der Waals surface area contributed by atoms with Crippen molar-refractivity contribution >= 4 is 26.7 Å². The smallest absolute Gasteiger partial charge is 0.144 e. The number of pyridine rings is 1. The Hall–Kier alpha value is -1.87. The topological polar surface area (TPSA) is 22.1 Å². The largest absolute Gasteiger partial charge is 0.492 e. The first-order valence-electron chi connectivity index (χ1n) is 7.41. The molecule has 0 atom stereocenters. The Morgan fingerprint density at radius 2 is 1.73 bits per heavy atom. The van der Waals surface area contributed by atoms with Gasteiger partial charge in [0, 0.05) is 11.3 Å². The third kappa shape index (κ3) is 2.50. The Bertz CT molecular complexity index is 837. The van der Waals surface area contributed by atoms with E-state index >= 15 is 0 Å². The fraction of sp³-hybridized carbons (Fsp3) is 0.211. The molecule has 0 aliphatic carbocycles. The van der Waals surface area contributed by atoms with Gasteiger partial charge in [-0.1, -0.05) is 42.5 Å². The molecule has 2 aromatic carbocycles. The summed E-state index contributed by atoms with van der Waals surface area (Å²) in [5, 5.41) is 2.44. The van der Waals surface area contributed by atoms with Crippen LogP contribution in [0, 0.1) is 13.8 Å². The van der Waals surface area contributed by atoms with Crippen LogP contribution in [0.3, 0.4) is 0 Å². The lowest BCUT2D eigenvalue weighted by atomic mass is 9.96. The average molecular weight is 356 g/mol. The van der Waals surface area contributed by atoms with Crippen molar-refractivity contribution in [3.63, 3.8) is 0 Å². The summed E-state index contributed by atoms with van der Waals surface area (Å²) in [6, 6.07) is 14.8. The number of fused-ring (bicyclic) bond motifs is 1. The van der Waals surface area contributed by atoms with Crippen molar-refractivity contribution in [1.29, 1.82) is 0 Å². The van der Waals surface area contributed by atoms with Gasteiger partial charge >= 0.3 is 0 Å². The first-order chi connectivity index (χ1) is 10.6. The van der Waals surface area contributed by atoms with Gasteiger partial charge in [0.15, 0.2) is 0 Å². The number of ether oxygens (including phenoxy) is 1. The van der Waals surface area contributed by atoms with Gasteiger partial charge < -0.3 is 4.74 Å². The molecule has 3 rings (SSSR count). The zero-order chi connectivity index (χ0) is 15.7. The van der Waals surface area contributed by atoms with E-state index in [1.54, 1.807) is 0 Å². The molecule has 2 nitrogen and oxygen atoms in total. The quantitative estimate of drug-likeness (QED) is 0.602. The van der Waals surface area contributed by atoms with E-state index in [9.17, 15) is 0 Å². The lowest BCUT2D eigenvalue weighted by Gasteiger charge is -2.17. The number of aryl methyl sites for hydroxylation is 2. The molecule has 0 fully saturated rings. The highest BCUT2D eigenvalue weighted by Crippen LogP contribution is 2.42. The fourth-order valence-corrected chi connectivity index (χ4v) is 3.24. The summed E-state index contributed by atoms with van der Waals surface area (Å²) < 4.78 is 6.88. The van der Waals surface area contributed by atoms with Crippen LogP contribution in [0.25, 0.3) is 21.9 Å². The molecule has 0 spiro atoms. The number of aromatic nitrogens is 1. The average Bonchev–Trinajstić information content (AvgIpc) is 2.52. The molecule has 0 aliphatic rings. The van der Waals surface area contributed by atoms with Gasteiger partial charge in [0.05, 0.1) is 16.8 Å².